The lowest BCUT2D eigenvalue weighted by molar-refractivity contribution is -0.469. The highest BCUT2D eigenvalue weighted by Gasteiger charge is 2.58. The second-order valence-corrected chi connectivity index (χ2v) is 15.0. The molecule has 5 aliphatic rings. The molecule has 350 valence electrons. The number of ether oxygens (including phenoxy) is 10. The second kappa shape index (κ2) is 21.0. The molecule has 0 aromatic rings. The number of amides is 1. The second-order valence-electron chi connectivity index (χ2n) is 15.0. The monoisotopic (exact) mass is 883 g/mol. The fourth-order valence-electron chi connectivity index (χ4n) is 7.63. The molecule has 0 spiro atoms. The molecule has 0 aromatic heterocycles. The van der Waals surface area contributed by atoms with Crippen LogP contribution in [0.5, 0.6) is 0 Å². The molecular weight excluding hydrogens is 826 g/mol. The zero-order chi connectivity index (χ0) is 44.4. The van der Waals surface area contributed by atoms with Gasteiger partial charge in [0, 0.05) is 20.5 Å². The van der Waals surface area contributed by atoms with Crippen LogP contribution in [0, 0.1) is 0 Å². The number of aliphatic hydroxyl groups excluding tert-OH is 14. The Labute approximate surface area is 340 Å². The van der Waals surface area contributed by atoms with Gasteiger partial charge in [-0.2, -0.15) is 0 Å². The molecule has 5 heterocycles. The van der Waals surface area contributed by atoms with Gasteiger partial charge in [-0.25, -0.2) is 0 Å². The lowest BCUT2D eigenvalue weighted by Gasteiger charge is -2.50. The molecule has 27 heteroatoms. The van der Waals surface area contributed by atoms with Crippen molar-refractivity contribution in [2.24, 2.45) is 0 Å². The van der Waals surface area contributed by atoms with Crippen LogP contribution >= 0.6 is 0 Å². The van der Waals surface area contributed by atoms with Crippen molar-refractivity contribution in [1.82, 2.24) is 5.32 Å². The third-order valence-corrected chi connectivity index (χ3v) is 10.9. The van der Waals surface area contributed by atoms with E-state index in [4.69, 9.17) is 47.4 Å². The van der Waals surface area contributed by atoms with Crippen molar-refractivity contribution in [3.63, 3.8) is 0 Å². The number of carbonyl (C=O) groups excluding carboxylic acids is 1. The van der Waals surface area contributed by atoms with Crippen molar-refractivity contribution in [3.05, 3.63) is 0 Å². The third-order valence-electron chi connectivity index (χ3n) is 10.9. The molecule has 27 nitrogen and oxygen atoms in total. The van der Waals surface area contributed by atoms with Crippen molar-refractivity contribution < 1.29 is 129 Å². The highest BCUT2D eigenvalue weighted by Crippen LogP contribution is 2.37. The number of hydrogen-bond acceptors (Lipinski definition) is 26. The lowest BCUT2D eigenvalue weighted by Crippen LogP contribution is -2.70. The molecule has 5 rings (SSSR count). The van der Waals surface area contributed by atoms with Gasteiger partial charge in [-0.1, -0.05) is 0 Å². The SMILES string of the molecule is CO[C@H]1O[C@H](CO)[C@@H](O[C@@H]2OC(CO)[C@H](O)C(O[C@@H]3OC(CO)[C@H](O[C@H]4O[C@H](CO)CC(O[C@@]5(O)O[C@H](CO)[C@@H](O)C(O)C5O)C4O)C(O)[C@H]3NC(C)=O)[C@H]2O)C(O)C1O. The summed E-state index contributed by atoms with van der Waals surface area (Å²) in [6.45, 7) is -3.36. The highest BCUT2D eigenvalue weighted by molar-refractivity contribution is 5.73. The van der Waals surface area contributed by atoms with Crippen molar-refractivity contribution >= 4 is 5.91 Å². The van der Waals surface area contributed by atoms with E-state index in [2.05, 4.69) is 5.32 Å². The van der Waals surface area contributed by atoms with Gasteiger partial charge in [-0.3, -0.25) is 4.79 Å². The first-order valence-corrected chi connectivity index (χ1v) is 19.0. The maximum absolute atomic E-state index is 12.4. The summed E-state index contributed by atoms with van der Waals surface area (Å²) < 4.78 is 55.4. The number of rotatable bonds is 15. The Kier molecular flexibility index (Phi) is 17.3. The minimum atomic E-state index is -3.15. The summed E-state index contributed by atoms with van der Waals surface area (Å²) in [5.74, 6) is -3.95. The third kappa shape index (κ3) is 10.2. The van der Waals surface area contributed by atoms with E-state index in [9.17, 15) is 81.4 Å². The molecule has 5 aliphatic heterocycles. The van der Waals surface area contributed by atoms with Crippen LogP contribution in [0.15, 0.2) is 0 Å². The predicted molar refractivity (Wildman–Crippen MR) is 183 cm³/mol. The molecule has 24 atom stereocenters. The molecule has 5 saturated heterocycles. The maximum atomic E-state index is 12.4. The van der Waals surface area contributed by atoms with E-state index in [0.717, 1.165) is 6.92 Å². The van der Waals surface area contributed by atoms with Crippen molar-refractivity contribution in [3.8, 4) is 0 Å². The summed E-state index contributed by atoms with van der Waals surface area (Å²) in [6.07, 6.45) is -39.7. The molecule has 0 radical (unpaired) electrons. The molecule has 0 bridgehead atoms. The first-order chi connectivity index (χ1) is 28.4. The van der Waals surface area contributed by atoms with Crippen molar-refractivity contribution in [2.75, 3.05) is 40.1 Å². The van der Waals surface area contributed by atoms with Gasteiger partial charge in [0.25, 0.3) is 0 Å². The first-order valence-electron chi connectivity index (χ1n) is 19.0. The minimum absolute atomic E-state index is 0.424. The van der Waals surface area contributed by atoms with E-state index >= 15 is 0 Å². The lowest BCUT2D eigenvalue weighted by atomic mass is 9.94. The molecule has 0 saturated carbocycles. The zero-order valence-corrected chi connectivity index (χ0v) is 32.2. The molecule has 0 aromatic carbocycles. The summed E-state index contributed by atoms with van der Waals surface area (Å²) in [7, 11) is 1.17. The fraction of sp³-hybridized carbons (Fsp3) is 0.970. The van der Waals surface area contributed by atoms with Gasteiger partial charge in [0.2, 0.25) is 5.91 Å². The Balaban J connectivity index is 1.35. The molecule has 0 aliphatic carbocycles. The predicted octanol–water partition coefficient (Wildman–Crippen LogP) is -10.8. The molecule has 60 heavy (non-hydrogen) atoms. The van der Waals surface area contributed by atoms with Crippen LogP contribution < -0.4 is 5.32 Å². The molecular formula is C33H57NO26. The maximum Gasteiger partial charge on any atom is 0.311 e. The Bertz CT molecular complexity index is 1350. The summed E-state index contributed by atoms with van der Waals surface area (Å²) in [5.41, 5.74) is 0. The molecule has 1 amide bonds. The van der Waals surface area contributed by atoms with Gasteiger partial charge in [0.1, 0.15) is 97.6 Å². The van der Waals surface area contributed by atoms with Crippen molar-refractivity contribution in [1.29, 1.82) is 0 Å². The Hall–Kier alpha value is -1.53. The number of nitrogens with one attached hydrogen (secondary N) is 1. The largest absolute Gasteiger partial charge is 0.394 e. The van der Waals surface area contributed by atoms with E-state index in [0.29, 0.717) is 0 Å². The Morgan fingerprint density at radius 3 is 1.67 bits per heavy atom. The van der Waals surface area contributed by atoms with E-state index in [1.54, 1.807) is 0 Å². The van der Waals surface area contributed by atoms with Gasteiger partial charge in [-0.05, 0) is 0 Å². The molecule has 10 unspecified atom stereocenters. The summed E-state index contributed by atoms with van der Waals surface area (Å²) in [5, 5.41) is 161. The van der Waals surface area contributed by atoms with E-state index < -0.39 is 192 Å². The van der Waals surface area contributed by atoms with Gasteiger partial charge >= 0.3 is 5.97 Å². The number of aliphatic hydroxyl groups is 15. The van der Waals surface area contributed by atoms with Crippen LogP contribution in [0.25, 0.3) is 0 Å². The average Bonchev–Trinajstić information content (AvgIpc) is 3.22. The topological polar surface area (TPSA) is 425 Å². The fourth-order valence-corrected chi connectivity index (χ4v) is 7.63. The van der Waals surface area contributed by atoms with E-state index in [1.165, 1.54) is 7.11 Å². The summed E-state index contributed by atoms with van der Waals surface area (Å²) in [4.78, 5) is 12.4. The van der Waals surface area contributed by atoms with Gasteiger partial charge < -0.3 is 129 Å². The van der Waals surface area contributed by atoms with Crippen LogP contribution in [-0.2, 0) is 52.2 Å². The summed E-state index contributed by atoms with van der Waals surface area (Å²) in [6, 6.07) is -1.70. The molecule has 5 fully saturated rings. The van der Waals surface area contributed by atoms with E-state index in [1.807, 2.05) is 0 Å². The summed E-state index contributed by atoms with van der Waals surface area (Å²) >= 11 is 0. The van der Waals surface area contributed by atoms with Crippen LogP contribution in [-0.4, -0.2) is 270 Å². The quantitative estimate of drug-likeness (QED) is 0.0679. The average molecular weight is 884 g/mol. The highest BCUT2D eigenvalue weighted by atomic mass is 16.8. The van der Waals surface area contributed by atoms with Gasteiger partial charge in [0.05, 0.1) is 45.2 Å². The normalized spacial score (nSPS) is 50.3. The Morgan fingerprint density at radius 2 is 1.12 bits per heavy atom. The van der Waals surface area contributed by atoms with Gasteiger partial charge in [0.15, 0.2) is 31.3 Å². The van der Waals surface area contributed by atoms with Crippen LogP contribution in [0.1, 0.15) is 13.3 Å². The van der Waals surface area contributed by atoms with Crippen LogP contribution in [0.2, 0.25) is 0 Å². The first kappa shape index (κ1) is 49.5. The number of carbonyl (C=O) groups is 1. The number of methoxy groups -OCH3 is 1. The van der Waals surface area contributed by atoms with Crippen LogP contribution in [0.4, 0.5) is 0 Å². The standard InChI is InChI=1S/C33H57NO26/c1-9(40)34-16-20(44)25(56-31-19(43)11(3-10(4-35)52-31)59-33(50)28(49)22(46)17(41)13(6-37)60-33)14(7-38)54-29(16)58-27-18(42)12(5-36)53-32(24(27)48)57-26-15(8-39)55-30(51-2)23(47)21(26)45/h10-32,35-39,41-50H,3-8H2,1-2H3,(H,34,40)/t10-,11?,12?,13+,14?,15+,16+,17+,18-,19?,20?,21?,22?,23?,24+,25-,26+,27?,28?,29-,30-,31+,32-,33+/m0/s1. The zero-order valence-electron chi connectivity index (χ0n) is 32.2. The number of hydrogen-bond donors (Lipinski definition) is 16. The molecule has 16 N–H and O–H groups in total. The Morgan fingerprint density at radius 1 is 0.583 bits per heavy atom. The van der Waals surface area contributed by atoms with E-state index in [-0.39, 0.29) is 0 Å². The smallest absolute Gasteiger partial charge is 0.311 e. The van der Waals surface area contributed by atoms with Crippen LogP contribution in [0.3, 0.4) is 0 Å². The van der Waals surface area contributed by atoms with Crippen molar-refractivity contribution in [2.45, 2.75) is 160 Å². The van der Waals surface area contributed by atoms with Gasteiger partial charge in [-0.15, -0.1) is 0 Å². The minimum Gasteiger partial charge on any atom is -0.394 e.